The van der Waals surface area contributed by atoms with E-state index in [1.807, 2.05) is 0 Å². The molecule has 4 rings (SSSR count). The zero-order valence-electron chi connectivity index (χ0n) is 12.9. The lowest BCUT2D eigenvalue weighted by molar-refractivity contribution is -0.391. The number of benzene rings is 1. The summed E-state index contributed by atoms with van der Waals surface area (Å²) < 4.78 is 67.9. The quantitative estimate of drug-likeness (QED) is 0.656. The summed E-state index contributed by atoms with van der Waals surface area (Å²) in [5.74, 6) is -0.483. The number of rotatable bonds is 2. The number of halogens is 4. The molecule has 3 aromatic rings. The van der Waals surface area contributed by atoms with Gasteiger partial charge in [0.2, 0.25) is 0 Å². The molecular formula is C14H10F4N4O3. The zero-order valence-corrected chi connectivity index (χ0v) is 12.9. The second-order valence-corrected chi connectivity index (χ2v) is 5.58. The molecule has 0 saturated carbocycles. The molecule has 1 aliphatic heterocycles. The van der Waals surface area contributed by atoms with E-state index >= 15 is 0 Å². The highest BCUT2D eigenvalue weighted by Crippen LogP contribution is 2.47. The summed E-state index contributed by atoms with van der Waals surface area (Å²) in [6, 6.07) is 2.21. The predicted molar refractivity (Wildman–Crippen MR) is 73.8 cm³/mol. The van der Waals surface area contributed by atoms with Gasteiger partial charge in [-0.15, -0.1) is 5.10 Å². The molecule has 3 heterocycles. The van der Waals surface area contributed by atoms with E-state index in [1.165, 1.54) is 4.68 Å². The largest absolute Gasteiger partial charge is 0.507 e. The molecule has 25 heavy (non-hydrogen) atoms. The van der Waals surface area contributed by atoms with Gasteiger partial charge in [-0.1, -0.05) is 10.4 Å². The lowest BCUT2D eigenvalue weighted by Crippen LogP contribution is -2.52. The fourth-order valence-electron chi connectivity index (χ4n) is 2.52. The van der Waals surface area contributed by atoms with Gasteiger partial charge in [-0.05, 0) is 13.8 Å². The average Bonchev–Trinajstić information content (AvgIpc) is 3.04. The molecule has 2 aromatic heterocycles. The summed E-state index contributed by atoms with van der Waals surface area (Å²) in [5.41, 5.74) is 1.89. The summed E-state index contributed by atoms with van der Waals surface area (Å²) in [6.45, 7) is 3.67. The monoisotopic (exact) mass is 358 g/mol. The summed E-state index contributed by atoms with van der Waals surface area (Å²) in [4.78, 5) is 0. The predicted octanol–water partition coefficient (Wildman–Crippen LogP) is 3.04. The Morgan fingerprint density at radius 3 is 2.28 bits per heavy atom. The Morgan fingerprint density at radius 2 is 1.68 bits per heavy atom. The number of aromatic nitrogens is 4. The van der Waals surface area contributed by atoms with Gasteiger partial charge < -0.3 is 14.0 Å². The van der Waals surface area contributed by atoms with Crippen molar-refractivity contribution in [2.24, 2.45) is 0 Å². The molecule has 0 radical (unpaired) electrons. The lowest BCUT2D eigenvalue weighted by Gasteiger charge is -2.31. The molecule has 0 aliphatic carbocycles. The Balaban J connectivity index is 1.78. The number of hydrogen-bond donors (Lipinski definition) is 0. The highest BCUT2D eigenvalue weighted by Gasteiger charge is 2.66. The maximum absolute atomic E-state index is 13.3. The first-order valence-electron chi connectivity index (χ1n) is 7.10. The molecule has 0 amide bonds. The fourth-order valence-corrected chi connectivity index (χ4v) is 2.52. The van der Waals surface area contributed by atoms with Gasteiger partial charge in [-0.25, -0.2) is 4.68 Å². The molecule has 1 aromatic carbocycles. The summed E-state index contributed by atoms with van der Waals surface area (Å²) >= 11 is 0. The molecular weight excluding hydrogens is 348 g/mol. The molecule has 0 atom stereocenters. The van der Waals surface area contributed by atoms with Crippen molar-refractivity contribution < 1.29 is 31.6 Å². The maximum atomic E-state index is 13.3. The summed E-state index contributed by atoms with van der Waals surface area (Å²) in [5, 5.41) is 11.6. The Bertz CT molecular complexity index is 963. The molecule has 0 spiro atoms. The van der Waals surface area contributed by atoms with Crippen molar-refractivity contribution in [1.82, 2.24) is 20.2 Å². The van der Waals surface area contributed by atoms with Crippen molar-refractivity contribution >= 4 is 11.0 Å². The normalized spacial score (nSPS) is 17.8. The average molecular weight is 358 g/mol. The van der Waals surface area contributed by atoms with Crippen molar-refractivity contribution in [2.45, 2.75) is 32.6 Å². The highest BCUT2D eigenvalue weighted by atomic mass is 19.3. The van der Waals surface area contributed by atoms with Gasteiger partial charge in [-0.3, -0.25) is 0 Å². The van der Waals surface area contributed by atoms with Crippen molar-refractivity contribution in [1.29, 1.82) is 0 Å². The van der Waals surface area contributed by atoms with Crippen LogP contribution in [-0.4, -0.2) is 32.4 Å². The highest BCUT2D eigenvalue weighted by molar-refractivity contribution is 5.79. The van der Waals surface area contributed by atoms with Gasteiger partial charge in [0.1, 0.15) is 11.3 Å². The SMILES string of the molecule is Cc1noc(C)c1Cn1nnc2cc3c(cc21)OC(F)(F)C(F)(F)O3. The van der Waals surface area contributed by atoms with Crippen molar-refractivity contribution in [2.75, 3.05) is 0 Å². The van der Waals surface area contributed by atoms with Crippen molar-refractivity contribution in [3.05, 3.63) is 29.2 Å². The second-order valence-electron chi connectivity index (χ2n) is 5.58. The minimum atomic E-state index is -4.78. The number of fused-ring (bicyclic) bond motifs is 2. The number of nitrogens with zero attached hydrogens (tertiary/aromatic N) is 4. The molecule has 11 heteroatoms. The molecule has 0 bridgehead atoms. The molecule has 0 fully saturated rings. The minimum absolute atomic E-state index is 0.190. The van der Waals surface area contributed by atoms with E-state index in [0.29, 0.717) is 17.0 Å². The lowest BCUT2D eigenvalue weighted by atomic mass is 10.2. The van der Waals surface area contributed by atoms with Crippen LogP contribution in [0.5, 0.6) is 11.5 Å². The number of alkyl halides is 4. The van der Waals surface area contributed by atoms with E-state index in [2.05, 4.69) is 24.9 Å². The van der Waals surface area contributed by atoms with Crippen LogP contribution in [0.4, 0.5) is 17.6 Å². The van der Waals surface area contributed by atoms with Gasteiger partial charge in [0, 0.05) is 17.7 Å². The Hall–Kier alpha value is -2.85. The molecule has 0 saturated heterocycles. The van der Waals surface area contributed by atoms with Crippen LogP contribution < -0.4 is 9.47 Å². The third kappa shape index (κ3) is 2.29. The first kappa shape index (κ1) is 15.7. The zero-order chi connectivity index (χ0) is 18.0. The Labute approximate surface area is 137 Å². The molecule has 132 valence electrons. The molecule has 1 aliphatic rings. The van der Waals surface area contributed by atoms with Crippen LogP contribution in [0.25, 0.3) is 11.0 Å². The number of aryl methyl sites for hydroxylation is 2. The first-order chi connectivity index (χ1) is 11.7. The van der Waals surface area contributed by atoms with E-state index in [0.717, 1.165) is 17.7 Å². The minimum Gasteiger partial charge on any atom is -0.421 e. The van der Waals surface area contributed by atoms with Gasteiger partial charge in [-0.2, -0.15) is 17.6 Å². The third-order valence-corrected chi connectivity index (χ3v) is 3.88. The maximum Gasteiger partial charge on any atom is 0.507 e. The second kappa shape index (κ2) is 4.83. The van der Waals surface area contributed by atoms with Crippen molar-refractivity contribution in [3.63, 3.8) is 0 Å². The van der Waals surface area contributed by atoms with Gasteiger partial charge in [0.25, 0.3) is 0 Å². The molecule has 0 unspecified atom stereocenters. The topological polar surface area (TPSA) is 75.2 Å². The third-order valence-electron chi connectivity index (χ3n) is 3.88. The van der Waals surface area contributed by atoms with Crippen LogP contribution >= 0.6 is 0 Å². The van der Waals surface area contributed by atoms with E-state index in [-0.39, 0.29) is 12.1 Å². The van der Waals surface area contributed by atoms with Crippen LogP contribution in [0.15, 0.2) is 16.7 Å². The van der Waals surface area contributed by atoms with Gasteiger partial charge in [0.05, 0.1) is 17.8 Å². The fraction of sp³-hybridized carbons (Fsp3) is 0.357. The van der Waals surface area contributed by atoms with Gasteiger partial charge >= 0.3 is 12.2 Å². The van der Waals surface area contributed by atoms with Crippen molar-refractivity contribution in [3.8, 4) is 11.5 Å². The molecule has 7 nitrogen and oxygen atoms in total. The van der Waals surface area contributed by atoms with E-state index in [4.69, 9.17) is 4.52 Å². The van der Waals surface area contributed by atoms with Gasteiger partial charge in [0.15, 0.2) is 11.5 Å². The van der Waals surface area contributed by atoms with E-state index < -0.39 is 23.7 Å². The smallest absolute Gasteiger partial charge is 0.421 e. The van der Waals surface area contributed by atoms with E-state index in [1.54, 1.807) is 13.8 Å². The van der Waals surface area contributed by atoms with Crippen LogP contribution in [0.2, 0.25) is 0 Å². The van der Waals surface area contributed by atoms with Crippen LogP contribution in [0, 0.1) is 13.8 Å². The van der Waals surface area contributed by atoms with Crippen LogP contribution in [0.3, 0.4) is 0 Å². The van der Waals surface area contributed by atoms with Crippen LogP contribution in [0.1, 0.15) is 17.0 Å². The van der Waals surface area contributed by atoms with E-state index in [9.17, 15) is 17.6 Å². The first-order valence-corrected chi connectivity index (χ1v) is 7.10. The van der Waals surface area contributed by atoms with Crippen LogP contribution in [-0.2, 0) is 6.54 Å². The standard InChI is InChI=1S/C14H10F4N4O3/c1-6-8(7(2)25-20-6)5-22-10-4-12-11(3-9(10)19-21-22)23-13(15,16)14(17,18)24-12/h3-4H,5H2,1-2H3. The molecule has 0 N–H and O–H groups in total. The Kier molecular flexibility index (Phi) is 3.03. The number of hydrogen-bond acceptors (Lipinski definition) is 6. The number of ether oxygens (including phenoxy) is 2. The Morgan fingerprint density at radius 1 is 1.04 bits per heavy atom. The summed E-state index contributed by atoms with van der Waals surface area (Å²) in [7, 11) is 0. The summed E-state index contributed by atoms with van der Waals surface area (Å²) in [6.07, 6.45) is -9.56.